The second kappa shape index (κ2) is 6.75. The third-order valence-electron chi connectivity index (χ3n) is 2.08. The lowest BCUT2D eigenvalue weighted by Gasteiger charge is -2.08. The monoisotopic (exact) mass is 285 g/mol. The molecular formula is C12H12ClNO5. The van der Waals surface area contributed by atoms with Crippen molar-refractivity contribution < 1.29 is 19.2 Å². The molecule has 0 atom stereocenters. The van der Waals surface area contributed by atoms with E-state index < -0.39 is 10.9 Å². The summed E-state index contributed by atoms with van der Waals surface area (Å²) >= 11 is 5.66. The fraction of sp³-hybridized carbons (Fsp3) is 0.250. The van der Waals surface area contributed by atoms with E-state index in [-0.39, 0.29) is 35.2 Å². The number of benzene rings is 1. The van der Waals surface area contributed by atoms with E-state index in [1.165, 1.54) is 18.2 Å². The third-order valence-corrected chi connectivity index (χ3v) is 2.32. The molecule has 0 N–H and O–H groups in total. The number of carbonyl (C=O) groups excluding carboxylic acids is 1. The first-order valence-electron chi connectivity index (χ1n) is 5.37. The Bertz CT molecular complexity index is 515. The molecule has 0 unspecified atom stereocenters. The van der Waals surface area contributed by atoms with Gasteiger partial charge in [0.2, 0.25) is 0 Å². The minimum absolute atomic E-state index is 0.0137. The fourth-order valence-electron chi connectivity index (χ4n) is 1.21. The average molecular weight is 286 g/mol. The number of hydrogen-bond acceptors (Lipinski definition) is 5. The molecule has 0 aliphatic rings. The fourth-order valence-corrected chi connectivity index (χ4v) is 1.38. The maximum atomic E-state index is 11.3. The normalized spacial score (nSPS) is 9.79. The summed E-state index contributed by atoms with van der Waals surface area (Å²) in [7, 11) is 0. The highest BCUT2D eigenvalue weighted by molar-refractivity contribution is 6.30. The Morgan fingerprint density at radius 1 is 1.53 bits per heavy atom. The van der Waals surface area contributed by atoms with Crippen LogP contribution in [-0.2, 0) is 9.53 Å². The molecule has 0 spiro atoms. The molecule has 7 heteroatoms. The zero-order valence-electron chi connectivity index (χ0n) is 10.2. The van der Waals surface area contributed by atoms with Gasteiger partial charge in [0.05, 0.1) is 17.1 Å². The van der Waals surface area contributed by atoms with E-state index >= 15 is 0 Å². The van der Waals surface area contributed by atoms with E-state index in [4.69, 9.17) is 21.1 Å². The lowest BCUT2D eigenvalue weighted by molar-refractivity contribution is -0.385. The van der Waals surface area contributed by atoms with Crippen LogP contribution < -0.4 is 4.74 Å². The molecular weight excluding hydrogens is 274 g/mol. The van der Waals surface area contributed by atoms with Gasteiger partial charge in [-0.25, -0.2) is 4.79 Å². The molecule has 0 aromatic heterocycles. The molecule has 1 aromatic carbocycles. The van der Waals surface area contributed by atoms with Crippen LogP contribution >= 0.6 is 11.6 Å². The van der Waals surface area contributed by atoms with Crippen LogP contribution in [0.25, 0.3) is 0 Å². The summed E-state index contributed by atoms with van der Waals surface area (Å²) in [6, 6.07) is 3.99. The van der Waals surface area contributed by atoms with Gasteiger partial charge in [-0.05, 0) is 19.1 Å². The Morgan fingerprint density at radius 2 is 2.21 bits per heavy atom. The topological polar surface area (TPSA) is 78.7 Å². The van der Waals surface area contributed by atoms with Crippen molar-refractivity contribution in [1.29, 1.82) is 0 Å². The van der Waals surface area contributed by atoms with E-state index in [2.05, 4.69) is 6.58 Å². The average Bonchev–Trinajstić information content (AvgIpc) is 2.36. The second-order valence-electron chi connectivity index (χ2n) is 3.48. The van der Waals surface area contributed by atoms with Crippen LogP contribution in [0.3, 0.4) is 0 Å². The maximum Gasteiger partial charge on any atom is 0.336 e. The van der Waals surface area contributed by atoms with E-state index in [0.29, 0.717) is 0 Å². The lowest BCUT2D eigenvalue weighted by Crippen LogP contribution is -2.13. The molecule has 1 aromatic rings. The van der Waals surface area contributed by atoms with Gasteiger partial charge in [-0.15, -0.1) is 0 Å². The highest BCUT2D eigenvalue weighted by Crippen LogP contribution is 2.30. The predicted molar refractivity (Wildman–Crippen MR) is 69.4 cm³/mol. The van der Waals surface area contributed by atoms with Crippen LogP contribution in [0.4, 0.5) is 5.69 Å². The van der Waals surface area contributed by atoms with E-state index in [1.807, 2.05) is 0 Å². The summed E-state index contributed by atoms with van der Waals surface area (Å²) in [6.07, 6.45) is 0. The Balaban J connectivity index is 2.75. The van der Waals surface area contributed by atoms with Crippen molar-refractivity contribution in [3.05, 3.63) is 45.5 Å². The van der Waals surface area contributed by atoms with E-state index in [0.717, 1.165) is 0 Å². The second-order valence-corrected chi connectivity index (χ2v) is 3.92. The van der Waals surface area contributed by atoms with Gasteiger partial charge >= 0.3 is 11.7 Å². The van der Waals surface area contributed by atoms with Crippen molar-refractivity contribution in [2.24, 2.45) is 0 Å². The van der Waals surface area contributed by atoms with Gasteiger partial charge in [0.25, 0.3) is 0 Å². The van der Waals surface area contributed by atoms with Gasteiger partial charge in [-0.1, -0.05) is 18.2 Å². The number of rotatable bonds is 6. The van der Waals surface area contributed by atoms with Gasteiger partial charge in [0, 0.05) is 11.1 Å². The molecule has 1 rings (SSSR count). The van der Waals surface area contributed by atoms with Crippen LogP contribution in [0.1, 0.15) is 6.92 Å². The Labute approximate surface area is 114 Å². The number of esters is 1. The summed E-state index contributed by atoms with van der Waals surface area (Å²) in [5, 5.41) is 11.0. The first-order chi connectivity index (χ1) is 8.95. The molecule has 0 fully saturated rings. The summed E-state index contributed by atoms with van der Waals surface area (Å²) in [4.78, 5) is 21.5. The Morgan fingerprint density at radius 3 is 2.79 bits per heavy atom. The Kier molecular flexibility index (Phi) is 5.32. The predicted octanol–water partition coefficient (Wildman–Crippen LogP) is 2.75. The molecule has 0 aliphatic heterocycles. The Hall–Kier alpha value is -2.08. The van der Waals surface area contributed by atoms with Crippen molar-refractivity contribution in [2.45, 2.75) is 6.92 Å². The highest BCUT2D eigenvalue weighted by Gasteiger charge is 2.17. The van der Waals surface area contributed by atoms with Crippen molar-refractivity contribution in [1.82, 2.24) is 0 Å². The zero-order valence-corrected chi connectivity index (χ0v) is 11.0. The van der Waals surface area contributed by atoms with Crippen LogP contribution in [0.2, 0.25) is 5.02 Å². The lowest BCUT2D eigenvalue weighted by atomic mass is 10.3. The van der Waals surface area contributed by atoms with Crippen LogP contribution in [0, 0.1) is 10.1 Å². The number of ether oxygens (including phenoxy) is 2. The molecule has 0 saturated heterocycles. The van der Waals surface area contributed by atoms with Gasteiger partial charge in [0.1, 0.15) is 6.61 Å². The smallest absolute Gasteiger partial charge is 0.336 e. The summed E-state index contributed by atoms with van der Waals surface area (Å²) in [6.45, 7) is 5.18. The molecule has 0 bridgehead atoms. The number of hydrogen-bond donors (Lipinski definition) is 0. The largest absolute Gasteiger partial charge is 0.482 e. The molecule has 102 valence electrons. The van der Waals surface area contributed by atoms with Crippen LogP contribution in [0.5, 0.6) is 5.75 Å². The SMILES string of the molecule is C=C(COc1ccc(Cl)cc1[N+](=O)[O-])C(=O)OCC. The standard InChI is InChI=1S/C12H12ClNO5/c1-3-18-12(15)8(2)7-19-11-5-4-9(13)6-10(11)14(16)17/h4-6H,2-3,7H2,1H3. The maximum absolute atomic E-state index is 11.3. The summed E-state index contributed by atoms with van der Waals surface area (Å²) < 4.78 is 9.90. The first kappa shape index (κ1) is 15.0. The molecule has 0 saturated carbocycles. The van der Waals surface area contributed by atoms with Crippen molar-refractivity contribution in [3.8, 4) is 5.75 Å². The number of carbonyl (C=O) groups is 1. The van der Waals surface area contributed by atoms with Gasteiger partial charge in [0.15, 0.2) is 5.75 Å². The first-order valence-corrected chi connectivity index (χ1v) is 5.75. The van der Waals surface area contributed by atoms with Gasteiger partial charge in [-0.3, -0.25) is 10.1 Å². The number of halogens is 1. The van der Waals surface area contributed by atoms with Gasteiger partial charge < -0.3 is 9.47 Å². The molecule has 6 nitrogen and oxygen atoms in total. The third kappa shape index (κ3) is 4.26. The molecule has 19 heavy (non-hydrogen) atoms. The van der Waals surface area contributed by atoms with Crippen LogP contribution in [-0.4, -0.2) is 24.1 Å². The molecule has 0 amide bonds. The summed E-state index contributed by atoms with van der Waals surface area (Å²) in [5.74, 6) is -0.584. The number of nitrogens with zero attached hydrogens (tertiary/aromatic N) is 1. The minimum Gasteiger partial charge on any atom is -0.482 e. The van der Waals surface area contributed by atoms with Crippen molar-refractivity contribution >= 4 is 23.3 Å². The van der Waals surface area contributed by atoms with E-state index in [9.17, 15) is 14.9 Å². The van der Waals surface area contributed by atoms with Crippen molar-refractivity contribution in [2.75, 3.05) is 13.2 Å². The minimum atomic E-state index is -0.617. The van der Waals surface area contributed by atoms with E-state index in [1.54, 1.807) is 6.92 Å². The molecule has 0 radical (unpaired) electrons. The summed E-state index contributed by atoms with van der Waals surface area (Å²) in [5.41, 5.74) is -0.199. The quantitative estimate of drug-likeness (QED) is 0.347. The van der Waals surface area contributed by atoms with Crippen molar-refractivity contribution in [3.63, 3.8) is 0 Å². The molecule has 0 heterocycles. The highest BCUT2D eigenvalue weighted by atomic mass is 35.5. The number of nitro benzene ring substituents is 1. The van der Waals surface area contributed by atoms with Gasteiger partial charge in [-0.2, -0.15) is 0 Å². The number of nitro groups is 1. The molecule has 0 aliphatic carbocycles. The zero-order chi connectivity index (χ0) is 14.4. The van der Waals surface area contributed by atoms with Crippen LogP contribution in [0.15, 0.2) is 30.4 Å².